The van der Waals surface area contributed by atoms with E-state index < -0.39 is 0 Å². The van der Waals surface area contributed by atoms with Crippen molar-refractivity contribution in [3.8, 4) is 16.9 Å². The minimum absolute atomic E-state index is 0.858. The lowest BCUT2D eigenvalue weighted by molar-refractivity contribution is 1.06. The summed E-state index contributed by atoms with van der Waals surface area (Å²) in [6.07, 6.45) is 3.69. The fraction of sp³-hybridized carbons (Fsp3) is 0. The van der Waals surface area contributed by atoms with E-state index in [-0.39, 0.29) is 0 Å². The summed E-state index contributed by atoms with van der Waals surface area (Å²) < 4.78 is 2.16. The van der Waals surface area contributed by atoms with Crippen LogP contribution < -0.4 is 0 Å². The maximum absolute atomic E-state index is 4.82. The topological polar surface area (TPSA) is 30.7 Å². The van der Waals surface area contributed by atoms with Gasteiger partial charge in [0.15, 0.2) is 0 Å². The molecule has 11 rings (SSSR count). The molecule has 11 aromatic rings. The largest absolute Gasteiger partial charge is 0.278 e. The maximum Gasteiger partial charge on any atom is 0.146 e. The van der Waals surface area contributed by atoms with Crippen LogP contribution in [0.1, 0.15) is 0 Å². The lowest BCUT2D eigenvalue weighted by atomic mass is 9.91. The molecule has 3 heteroatoms. The molecule has 0 saturated carbocycles. The number of rotatable bonds is 2. The zero-order chi connectivity index (χ0) is 34.9. The summed E-state index contributed by atoms with van der Waals surface area (Å²) in [5.74, 6) is 0.858. The number of nitrogens with zero attached hydrogens (tertiary/aromatic N) is 3. The SMILES string of the molecule is c1ccc(-n2c3ccc(-c4ccc5c6ccccc6c6ccccc6c6ccccc6c6c7ccccc7ccc6c5c4)cc3c3cccnc32)nc1. The normalized spacial score (nSPS) is 11.8. The molecule has 0 amide bonds. The maximum atomic E-state index is 4.82. The van der Waals surface area contributed by atoms with Crippen LogP contribution in [-0.2, 0) is 0 Å². The van der Waals surface area contributed by atoms with Crippen molar-refractivity contribution in [2.24, 2.45) is 0 Å². The summed E-state index contributed by atoms with van der Waals surface area (Å²) in [5, 5.41) is 17.0. The molecule has 53 heavy (non-hydrogen) atoms. The van der Waals surface area contributed by atoms with Crippen LogP contribution in [0.4, 0.5) is 0 Å². The molecule has 0 bridgehead atoms. The lowest BCUT2D eigenvalue weighted by Gasteiger charge is -2.13. The molecule has 3 heterocycles. The van der Waals surface area contributed by atoms with E-state index >= 15 is 0 Å². The highest BCUT2D eigenvalue weighted by molar-refractivity contribution is 6.30. The number of hydrogen-bond donors (Lipinski definition) is 0. The van der Waals surface area contributed by atoms with Crippen LogP contribution in [-0.4, -0.2) is 14.5 Å². The standard InChI is InChI=1S/C50H31N3/c1-2-13-35-32(12-1)22-26-43-45-30-33(34-24-27-47-46(31-34)44-20-11-29-52-50(44)53(47)48-21-9-10-28-51-48)23-25-41(45)39-17-6-4-15-37(39)36-14-3-5-16-38(36)40-18-7-8-19-42(40)49(35)43/h1-31H. The van der Waals surface area contributed by atoms with Gasteiger partial charge in [-0.05, 0) is 118 Å². The van der Waals surface area contributed by atoms with Gasteiger partial charge in [0.2, 0.25) is 0 Å². The van der Waals surface area contributed by atoms with E-state index in [0.717, 1.165) is 38.9 Å². The molecule has 0 radical (unpaired) electrons. The van der Waals surface area contributed by atoms with Crippen LogP contribution in [0.15, 0.2) is 188 Å². The summed E-state index contributed by atoms with van der Waals surface area (Å²) >= 11 is 0. The summed E-state index contributed by atoms with van der Waals surface area (Å²) in [6.45, 7) is 0. The van der Waals surface area contributed by atoms with Gasteiger partial charge in [-0.25, -0.2) is 9.97 Å². The van der Waals surface area contributed by atoms with Crippen molar-refractivity contribution < 1.29 is 0 Å². The van der Waals surface area contributed by atoms with E-state index in [1.165, 1.54) is 64.6 Å². The molecule has 8 aromatic carbocycles. The van der Waals surface area contributed by atoms with Gasteiger partial charge in [0.05, 0.1) is 5.52 Å². The van der Waals surface area contributed by atoms with Crippen LogP contribution in [0.25, 0.3) is 104 Å². The second kappa shape index (κ2) is 11.7. The number of pyridine rings is 2. The third-order valence-corrected chi connectivity index (χ3v) is 10.9. The Morgan fingerprint density at radius 1 is 0.321 bits per heavy atom. The third-order valence-electron chi connectivity index (χ3n) is 10.9. The van der Waals surface area contributed by atoms with Gasteiger partial charge < -0.3 is 0 Å². The van der Waals surface area contributed by atoms with Crippen molar-refractivity contribution in [1.29, 1.82) is 0 Å². The highest BCUT2D eigenvalue weighted by Crippen LogP contribution is 2.40. The summed E-state index contributed by atoms with van der Waals surface area (Å²) in [4.78, 5) is 9.51. The Hall–Kier alpha value is -7.10. The van der Waals surface area contributed by atoms with Crippen molar-refractivity contribution in [1.82, 2.24) is 14.5 Å². The molecule has 0 fully saturated rings. The molecule has 0 saturated heterocycles. The van der Waals surface area contributed by atoms with Gasteiger partial charge in [0, 0.05) is 23.2 Å². The zero-order valence-corrected chi connectivity index (χ0v) is 28.7. The molecular formula is C50H31N3. The van der Waals surface area contributed by atoms with Crippen molar-refractivity contribution >= 4 is 86.6 Å². The van der Waals surface area contributed by atoms with Crippen molar-refractivity contribution in [2.75, 3.05) is 0 Å². The summed E-state index contributed by atoms with van der Waals surface area (Å²) in [5.41, 5.74) is 4.31. The highest BCUT2D eigenvalue weighted by atomic mass is 15.1. The molecule has 0 N–H and O–H groups in total. The molecule has 246 valence electrons. The minimum atomic E-state index is 0.858. The number of fused-ring (bicyclic) bond motifs is 15. The van der Waals surface area contributed by atoms with Crippen LogP contribution in [0, 0.1) is 0 Å². The van der Waals surface area contributed by atoms with Gasteiger partial charge in [0.1, 0.15) is 11.5 Å². The Bertz CT molecular complexity index is 3340. The first kappa shape index (κ1) is 29.6. The molecule has 0 atom stereocenters. The van der Waals surface area contributed by atoms with Gasteiger partial charge in [-0.2, -0.15) is 0 Å². The van der Waals surface area contributed by atoms with E-state index in [4.69, 9.17) is 9.97 Å². The van der Waals surface area contributed by atoms with Crippen LogP contribution >= 0.6 is 0 Å². The molecule has 0 aliphatic rings. The average Bonchev–Trinajstić information content (AvgIpc) is 3.57. The first-order valence-corrected chi connectivity index (χ1v) is 18.1. The fourth-order valence-corrected chi connectivity index (χ4v) is 8.55. The van der Waals surface area contributed by atoms with E-state index in [0.29, 0.717) is 0 Å². The van der Waals surface area contributed by atoms with Gasteiger partial charge in [0.25, 0.3) is 0 Å². The third kappa shape index (κ3) is 4.54. The Morgan fingerprint density at radius 2 is 0.830 bits per heavy atom. The van der Waals surface area contributed by atoms with E-state index in [1.54, 1.807) is 0 Å². The van der Waals surface area contributed by atoms with Crippen molar-refractivity contribution in [3.05, 3.63) is 188 Å². The Kier molecular flexibility index (Phi) is 6.55. The van der Waals surface area contributed by atoms with E-state index in [2.05, 4.69) is 156 Å². The van der Waals surface area contributed by atoms with E-state index in [9.17, 15) is 0 Å². The molecule has 0 unspecified atom stereocenters. The smallest absolute Gasteiger partial charge is 0.146 e. The first-order valence-electron chi connectivity index (χ1n) is 18.1. The Labute approximate surface area is 305 Å². The van der Waals surface area contributed by atoms with Crippen LogP contribution in [0.5, 0.6) is 0 Å². The molecule has 0 aliphatic heterocycles. The minimum Gasteiger partial charge on any atom is -0.278 e. The highest BCUT2D eigenvalue weighted by Gasteiger charge is 2.16. The number of hydrogen-bond acceptors (Lipinski definition) is 2. The molecule has 0 aliphatic carbocycles. The second-order valence-electron chi connectivity index (χ2n) is 13.7. The van der Waals surface area contributed by atoms with E-state index in [1.807, 2.05) is 36.7 Å². The predicted octanol–water partition coefficient (Wildman–Crippen LogP) is 13.3. The van der Waals surface area contributed by atoms with Crippen LogP contribution in [0.2, 0.25) is 0 Å². The average molecular weight is 674 g/mol. The molecule has 3 aromatic heterocycles. The molecular weight excluding hydrogens is 643 g/mol. The quantitative estimate of drug-likeness (QED) is 0.183. The Morgan fingerprint density at radius 3 is 1.53 bits per heavy atom. The predicted molar refractivity (Wildman–Crippen MR) is 224 cm³/mol. The Balaban J connectivity index is 1.32. The fourth-order valence-electron chi connectivity index (χ4n) is 8.55. The monoisotopic (exact) mass is 673 g/mol. The van der Waals surface area contributed by atoms with Gasteiger partial charge in [-0.3, -0.25) is 4.57 Å². The number of aromatic nitrogens is 3. The van der Waals surface area contributed by atoms with Gasteiger partial charge in [-0.1, -0.05) is 133 Å². The molecule has 0 spiro atoms. The molecule has 3 nitrogen and oxygen atoms in total. The second-order valence-corrected chi connectivity index (χ2v) is 13.7. The van der Waals surface area contributed by atoms with Gasteiger partial charge in [-0.15, -0.1) is 0 Å². The summed E-state index contributed by atoms with van der Waals surface area (Å²) in [6, 6.07) is 64.1. The van der Waals surface area contributed by atoms with Gasteiger partial charge >= 0.3 is 0 Å². The summed E-state index contributed by atoms with van der Waals surface area (Å²) in [7, 11) is 0. The first-order chi connectivity index (χ1) is 26.3. The zero-order valence-electron chi connectivity index (χ0n) is 28.7. The van der Waals surface area contributed by atoms with Crippen molar-refractivity contribution in [2.45, 2.75) is 0 Å². The number of benzene rings is 7. The lowest BCUT2D eigenvalue weighted by Crippen LogP contribution is -1.97. The van der Waals surface area contributed by atoms with Crippen molar-refractivity contribution in [3.63, 3.8) is 0 Å². The van der Waals surface area contributed by atoms with Crippen LogP contribution in [0.3, 0.4) is 0 Å².